The third-order valence-electron chi connectivity index (χ3n) is 2.44. The van der Waals surface area contributed by atoms with Gasteiger partial charge in [0.25, 0.3) is 0 Å². The number of nitrogens with zero attached hydrogens (tertiary/aromatic N) is 3. The van der Waals surface area contributed by atoms with Crippen LogP contribution in [0.1, 0.15) is 17.4 Å². The van der Waals surface area contributed by atoms with E-state index in [9.17, 15) is 4.79 Å². The molecule has 14 heavy (non-hydrogen) atoms. The molecule has 5 nitrogen and oxygen atoms in total. The van der Waals surface area contributed by atoms with Crippen molar-refractivity contribution in [1.82, 2.24) is 14.9 Å². The largest absolute Gasteiger partial charge is 0.480 e. The summed E-state index contributed by atoms with van der Waals surface area (Å²) in [6.45, 7) is 0.711. The average Bonchev–Trinajstić information content (AvgIpc) is 2.17. The quantitative estimate of drug-likeness (QED) is 0.684. The van der Waals surface area contributed by atoms with Gasteiger partial charge >= 0.3 is 5.97 Å². The number of hydrogen-bond acceptors (Lipinski definition) is 4. The molecule has 2 heterocycles. The second-order valence-corrected chi connectivity index (χ2v) is 3.36. The fourth-order valence-electron chi connectivity index (χ4n) is 1.72. The van der Waals surface area contributed by atoms with Crippen LogP contribution in [0.2, 0.25) is 0 Å². The Kier molecular flexibility index (Phi) is 2.17. The molecule has 5 heteroatoms. The number of carboxylic acids is 1. The van der Waals surface area contributed by atoms with Crippen molar-refractivity contribution in [1.29, 1.82) is 0 Å². The van der Waals surface area contributed by atoms with E-state index in [1.165, 1.54) is 6.20 Å². The summed E-state index contributed by atoms with van der Waals surface area (Å²) in [5.41, 5.74) is 1.38. The summed E-state index contributed by atoms with van der Waals surface area (Å²) >= 11 is 0. The van der Waals surface area contributed by atoms with Crippen LogP contribution in [0.3, 0.4) is 0 Å². The summed E-state index contributed by atoms with van der Waals surface area (Å²) in [5, 5.41) is 9.05. The minimum Gasteiger partial charge on any atom is -0.480 e. The van der Waals surface area contributed by atoms with Crippen molar-refractivity contribution >= 4 is 5.97 Å². The van der Waals surface area contributed by atoms with Crippen LogP contribution in [0.25, 0.3) is 0 Å². The Balaban J connectivity index is 2.46. The van der Waals surface area contributed by atoms with Gasteiger partial charge in [-0.3, -0.25) is 19.7 Å². The van der Waals surface area contributed by atoms with E-state index >= 15 is 0 Å². The summed E-state index contributed by atoms with van der Waals surface area (Å²) in [5.74, 6) is -0.867. The van der Waals surface area contributed by atoms with Crippen LogP contribution in [0.15, 0.2) is 12.4 Å². The zero-order valence-electron chi connectivity index (χ0n) is 7.84. The van der Waals surface area contributed by atoms with Crippen molar-refractivity contribution in [2.45, 2.75) is 12.5 Å². The number of fused-ring (bicyclic) bond motifs is 1. The number of hydrogen-bond donors (Lipinski definition) is 1. The molecule has 1 N–H and O–H groups in total. The van der Waals surface area contributed by atoms with Crippen LogP contribution in [-0.2, 0) is 11.2 Å². The summed E-state index contributed by atoms with van der Waals surface area (Å²) < 4.78 is 0. The molecule has 0 fully saturated rings. The van der Waals surface area contributed by atoms with E-state index in [-0.39, 0.29) is 0 Å². The summed E-state index contributed by atoms with van der Waals surface area (Å²) in [6.07, 6.45) is 3.90. The van der Waals surface area contributed by atoms with Gasteiger partial charge in [-0.05, 0) is 7.05 Å². The lowest BCUT2D eigenvalue weighted by molar-refractivity contribution is -0.143. The van der Waals surface area contributed by atoms with E-state index < -0.39 is 12.0 Å². The number of aromatic nitrogens is 2. The molecule has 1 aliphatic heterocycles. The number of likely N-dealkylation sites (N-methyl/N-ethyl adjacent to an activating group) is 1. The maximum atomic E-state index is 11.0. The highest BCUT2D eigenvalue weighted by molar-refractivity contribution is 5.75. The molecule has 1 aromatic heterocycles. The van der Waals surface area contributed by atoms with E-state index in [4.69, 9.17) is 5.11 Å². The SMILES string of the molecule is CN1CCc2nccnc2C1C(=O)O. The Morgan fingerprint density at radius 1 is 1.57 bits per heavy atom. The van der Waals surface area contributed by atoms with Crippen molar-refractivity contribution in [2.75, 3.05) is 13.6 Å². The average molecular weight is 193 g/mol. The van der Waals surface area contributed by atoms with Gasteiger partial charge in [0.1, 0.15) is 0 Å². The van der Waals surface area contributed by atoms with Gasteiger partial charge in [0.2, 0.25) is 0 Å². The first-order valence-corrected chi connectivity index (χ1v) is 4.43. The molecule has 0 bridgehead atoms. The molecule has 0 aromatic carbocycles. The van der Waals surface area contributed by atoms with Crippen LogP contribution in [0.4, 0.5) is 0 Å². The lowest BCUT2D eigenvalue weighted by Gasteiger charge is -2.29. The van der Waals surface area contributed by atoms with Gasteiger partial charge in [-0.25, -0.2) is 0 Å². The van der Waals surface area contributed by atoms with Crippen LogP contribution in [0.5, 0.6) is 0 Å². The standard InChI is InChI=1S/C9H11N3O2/c1-12-5-2-6-7(8(12)9(13)14)11-4-3-10-6/h3-4,8H,2,5H2,1H3,(H,13,14). The molecule has 1 unspecified atom stereocenters. The predicted molar refractivity (Wildman–Crippen MR) is 48.7 cm³/mol. The van der Waals surface area contributed by atoms with Gasteiger partial charge < -0.3 is 5.11 Å². The highest BCUT2D eigenvalue weighted by Gasteiger charge is 2.32. The molecule has 0 aliphatic carbocycles. The second-order valence-electron chi connectivity index (χ2n) is 3.36. The van der Waals surface area contributed by atoms with Gasteiger partial charge in [0.15, 0.2) is 6.04 Å². The Bertz CT molecular complexity index is 367. The Morgan fingerprint density at radius 3 is 3.00 bits per heavy atom. The number of carbonyl (C=O) groups is 1. The molecule has 1 aromatic rings. The fraction of sp³-hybridized carbons (Fsp3) is 0.444. The van der Waals surface area contributed by atoms with Crippen molar-refractivity contribution in [3.63, 3.8) is 0 Å². The second kappa shape index (κ2) is 3.34. The first-order valence-electron chi connectivity index (χ1n) is 4.43. The number of rotatable bonds is 1. The molecule has 1 aliphatic rings. The zero-order valence-corrected chi connectivity index (χ0v) is 7.84. The maximum absolute atomic E-state index is 11.0. The van der Waals surface area contributed by atoms with E-state index in [1.54, 1.807) is 18.1 Å². The highest BCUT2D eigenvalue weighted by atomic mass is 16.4. The van der Waals surface area contributed by atoms with Gasteiger partial charge in [-0.15, -0.1) is 0 Å². The maximum Gasteiger partial charge on any atom is 0.327 e. The third kappa shape index (κ3) is 1.35. The van der Waals surface area contributed by atoms with E-state index in [1.807, 2.05) is 0 Å². The first-order chi connectivity index (χ1) is 6.70. The molecule has 0 amide bonds. The Morgan fingerprint density at radius 2 is 2.29 bits per heavy atom. The monoisotopic (exact) mass is 193 g/mol. The van der Waals surface area contributed by atoms with Crippen LogP contribution in [0, 0.1) is 0 Å². The van der Waals surface area contributed by atoms with Crippen molar-refractivity contribution in [3.8, 4) is 0 Å². The molecule has 0 spiro atoms. The molecule has 0 saturated carbocycles. The van der Waals surface area contributed by atoms with E-state index in [0.717, 1.165) is 12.1 Å². The van der Waals surface area contributed by atoms with Gasteiger partial charge in [-0.1, -0.05) is 0 Å². The number of carboxylic acid groups (broad SMARTS) is 1. The topological polar surface area (TPSA) is 66.3 Å². The number of aliphatic carboxylic acids is 1. The van der Waals surface area contributed by atoms with Crippen LogP contribution < -0.4 is 0 Å². The smallest absolute Gasteiger partial charge is 0.327 e. The van der Waals surface area contributed by atoms with Crippen molar-refractivity contribution in [3.05, 3.63) is 23.8 Å². The zero-order chi connectivity index (χ0) is 10.1. The molecule has 0 saturated heterocycles. The van der Waals surface area contributed by atoms with E-state index in [0.29, 0.717) is 12.2 Å². The van der Waals surface area contributed by atoms with Crippen molar-refractivity contribution in [2.24, 2.45) is 0 Å². The molecule has 1 atom stereocenters. The summed E-state index contributed by atoms with van der Waals surface area (Å²) in [4.78, 5) is 21.0. The fourth-order valence-corrected chi connectivity index (χ4v) is 1.72. The first kappa shape index (κ1) is 9.08. The third-order valence-corrected chi connectivity index (χ3v) is 2.44. The minimum absolute atomic E-state index is 0.578. The van der Waals surface area contributed by atoms with Crippen LogP contribution in [-0.4, -0.2) is 39.5 Å². The minimum atomic E-state index is -0.867. The molecule has 74 valence electrons. The molecular weight excluding hydrogens is 182 g/mol. The lowest BCUT2D eigenvalue weighted by atomic mass is 10.0. The van der Waals surface area contributed by atoms with Gasteiger partial charge in [-0.2, -0.15) is 0 Å². The van der Waals surface area contributed by atoms with E-state index in [2.05, 4.69) is 9.97 Å². The summed E-state index contributed by atoms with van der Waals surface area (Å²) in [7, 11) is 1.79. The van der Waals surface area contributed by atoms with Gasteiger partial charge in [0.05, 0.1) is 11.4 Å². The highest BCUT2D eigenvalue weighted by Crippen LogP contribution is 2.24. The Hall–Kier alpha value is -1.49. The molecule has 0 radical (unpaired) electrons. The molecule has 2 rings (SSSR count). The van der Waals surface area contributed by atoms with Crippen molar-refractivity contribution < 1.29 is 9.90 Å². The summed E-state index contributed by atoms with van der Waals surface area (Å²) in [6, 6.07) is -0.646. The normalized spacial score (nSPS) is 21.6. The molecular formula is C9H11N3O2. The lowest BCUT2D eigenvalue weighted by Crippen LogP contribution is -2.37. The van der Waals surface area contributed by atoms with Gasteiger partial charge in [0, 0.05) is 25.4 Å². The van der Waals surface area contributed by atoms with Crippen LogP contribution >= 0.6 is 0 Å². The Labute approximate surface area is 81.4 Å². The predicted octanol–water partition coefficient (Wildman–Crippen LogP) is 0.0902.